The van der Waals surface area contributed by atoms with E-state index in [0.29, 0.717) is 28.8 Å². The Kier molecular flexibility index (Phi) is 7.55. The number of carbonyl (C=O) groups excluding carboxylic acids is 2. The number of halogens is 1. The molecule has 1 aliphatic heterocycles. The highest BCUT2D eigenvalue weighted by atomic mass is 35.5. The third-order valence-corrected chi connectivity index (χ3v) is 7.39. The summed E-state index contributed by atoms with van der Waals surface area (Å²) in [5.74, 6) is -0.239. The molecule has 0 spiro atoms. The van der Waals surface area contributed by atoms with E-state index in [4.69, 9.17) is 16.3 Å². The highest BCUT2D eigenvalue weighted by Gasteiger charge is 2.45. The summed E-state index contributed by atoms with van der Waals surface area (Å²) in [7, 11) is 0. The molecule has 1 unspecified atom stereocenters. The minimum absolute atomic E-state index is 0.0336. The van der Waals surface area contributed by atoms with E-state index < -0.39 is 12.2 Å². The summed E-state index contributed by atoms with van der Waals surface area (Å²) in [5.41, 5.74) is 1.98. The second-order valence-corrected chi connectivity index (χ2v) is 10.2. The maximum absolute atomic E-state index is 12.4. The van der Waals surface area contributed by atoms with Gasteiger partial charge in [0, 0.05) is 30.7 Å². The molecular weight excluding hydrogens is 466 g/mol. The minimum atomic E-state index is -0.433. The third-order valence-electron chi connectivity index (χ3n) is 6.16. The molecule has 178 valence electrons. The number of hydrogen-bond acceptors (Lipinski definition) is 7. The zero-order chi connectivity index (χ0) is 23.4. The summed E-state index contributed by atoms with van der Waals surface area (Å²) in [5, 5.41) is 21.4. The number of amides is 2. The molecule has 33 heavy (non-hydrogen) atoms. The first-order valence-electron chi connectivity index (χ1n) is 11.0. The molecule has 1 saturated heterocycles. The Bertz CT molecular complexity index is 973. The van der Waals surface area contributed by atoms with Gasteiger partial charge in [0.1, 0.15) is 6.10 Å². The zero-order valence-corrected chi connectivity index (χ0v) is 19.8. The number of cyclic esters (lactones) is 1. The first-order chi connectivity index (χ1) is 15.9. The second-order valence-electron chi connectivity index (χ2n) is 8.48. The number of nitrogens with zero attached hydrogens (tertiary/aromatic N) is 2. The Balaban J connectivity index is 1.34. The number of aliphatic hydroxyl groups excluding tert-OH is 2. The Morgan fingerprint density at radius 2 is 1.88 bits per heavy atom. The fraction of sp³-hybridized carbons (Fsp3) is 0.478. The van der Waals surface area contributed by atoms with Crippen molar-refractivity contribution in [3.05, 3.63) is 51.2 Å². The highest BCUT2D eigenvalue weighted by molar-refractivity contribution is 7.18. The van der Waals surface area contributed by atoms with Crippen LogP contribution < -0.4 is 10.2 Å². The van der Waals surface area contributed by atoms with Crippen LogP contribution in [0.3, 0.4) is 0 Å². The monoisotopic (exact) mass is 493 g/mol. The van der Waals surface area contributed by atoms with Crippen LogP contribution >= 0.6 is 22.9 Å². The number of hydrogen-bond donors (Lipinski definition) is 3. The van der Waals surface area contributed by atoms with Gasteiger partial charge in [0.05, 0.1) is 35.5 Å². The number of nitrogens with one attached hydrogen (secondary N) is 1. The number of benzene rings is 1. The van der Waals surface area contributed by atoms with Crippen molar-refractivity contribution in [3.8, 4) is 0 Å². The number of aliphatic hydroxyl groups is 2. The lowest BCUT2D eigenvalue weighted by Gasteiger charge is -2.27. The van der Waals surface area contributed by atoms with Crippen LogP contribution in [-0.4, -0.2) is 79.2 Å². The van der Waals surface area contributed by atoms with Crippen molar-refractivity contribution in [3.63, 3.8) is 0 Å². The quantitative estimate of drug-likeness (QED) is 0.444. The molecule has 1 aromatic heterocycles. The molecule has 2 heterocycles. The van der Waals surface area contributed by atoms with Crippen molar-refractivity contribution < 1.29 is 24.5 Å². The van der Waals surface area contributed by atoms with Crippen molar-refractivity contribution in [1.82, 2.24) is 10.2 Å². The van der Waals surface area contributed by atoms with Gasteiger partial charge < -0.3 is 20.3 Å². The van der Waals surface area contributed by atoms with Crippen molar-refractivity contribution in [1.29, 1.82) is 0 Å². The highest BCUT2D eigenvalue weighted by Crippen LogP contribution is 2.49. The van der Waals surface area contributed by atoms with Crippen LogP contribution in [-0.2, 0) is 10.2 Å². The van der Waals surface area contributed by atoms with Crippen LogP contribution in [0, 0.1) is 0 Å². The van der Waals surface area contributed by atoms with Crippen molar-refractivity contribution in [2.45, 2.75) is 24.4 Å². The summed E-state index contributed by atoms with van der Waals surface area (Å²) >= 11 is 7.07. The normalized spacial score (nSPS) is 19.1. The van der Waals surface area contributed by atoms with E-state index in [2.05, 4.69) is 10.2 Å². The Labute approximate surface area is 201 Å². The SMILES string of the molecule is O=C(NCC1CN(c2ccc(C3(CN(CCO)CCO)CC3)cc2)C(=O)O1)c1ccc(Cl)s1. The average Bonchev–Trinajstić information content (AvgIpc) is 3.29. The Morgan fingerprint density at radius 3 is 2.45 bits per heavy atom. The lowest BCUT2D eigenvalue weighted by molar-refractivity contribution is 0.0920. The van der Waals surface area contributed by atoms with Crippen LogP contribution in [0.5, 0.6) is 0 Å². The molecule has 1 aliphatic carbocycles. The second kappa shape index (κ2) is 10.4. The Morgan fingerprint density at radius 1 is 1.18 bits per heavy atom. The van der Waals surface area contributed by atoms with Crippen LogP contribution in [0.25, 0.3) is 0 Å². The molecule has 2 aliphatic rings. The first-order valence-corrected chi connectivity index (χ1v) is 12.2. The van der Waals surface area contributed by atoms with Gasteiger partial charge in [-0.1, -0.05) is 23.7 Å². The van der Waals surface area contributed by atoms with Gasteiger partial charge in [0.25, 0.3) is 5.91 Å². The lowest BCUT2D eigenvalue weighted by atomic mass is 9.95. The maximum atomic E-state index is 12.4. The van der Waals surface area contributed by atoms with Gasteiger partial charge in [-0.3, -0.25) is 14.6 Å². The molecule has 2 fully saturated rings. The molecule has 3 N–H and O–H groups in total. The van der Waals surface area contributed by atoms with Crippen LogP contribution in [0.4, 0.5) is 10.5 Å². The fourth-order valence-electron chi connectivity index (χ4n) is 4.23. The number of carbonyl (C=O) groups is 2. The molecule has 1 saturated carbocycles. The molecule has 0 radical (unpaired) electrons. The summed E-state index contributed by atoms with van der Waals surface area (Å²) in [6, 6.07) is 11.3. The van der Waals surface area contributed by atoms with Gasteiger partial charge >= 0.3 is 6.09 Å². The first kappa shape index (κ1) is 24.0. The van der Waals surface area contributed by atoms with E-state index >= 15 is 0 Å². The predicted molar refractivity (Wildman–Crippen MR) is 127 cm³/mol. The van der Waals surface area contributed by atoms with Gasteiger partial charge in [-0.2, -0.15) is 0 Å². The van der Waals surface area contributed by atoms with Crippen molar-refractivity contribution in [2.75, 3.05) is 50.8 Å². The van der Waals surface area contributed by atoms with E-state index in [0.717, 1.165) is 25.1 Å². The van der Waals surface area contributed by atoms with Gasteiger partial charge in [0.2, 0.25) is 0 Å². The Hall–Kier alpha value is -2.17. The van der Waals surface area contributed by atoms with Gasteiger partial charge in [0.15, 0.2) is 0 Å². The number of rotatable bonds is 11. The van der Waals surface area contributed by atoms with E-state index in [1.807, 2.05) is 24.3 Å². The van der Waals surface area contributed by atoms with Crippen LogP contribution in [0.15, 0.2) is 36.4 Å². The fourth-order valence-corrected chi connectivity index (χ4v) is 5.19. The summed E-state index contributed by atoms with van der Waals surface area (Å²) < 4.78 is 5.98. The molecule has 2 amide bonds. The van der Waals surface area contributed by atoms with Crippen LogP contribution in [0.1, 0.15) is 28.1 Å². The van der Waals surface area contributed by atoms with E-state index in [-0.39, 0.29) is 31.1 Å². The molecular formula is C23H28ClN3O5S. The molecule has 1 atom stereocenters. The van der Waals surface area contributed by atoms with Crippen LogP contribution in [0.2, 0.25) is 4.34 Å². The van der Waals surface area contributed by atoms with E-state index in [1.165, 1.54) is 16.9 Å². The zero-order valence-electron chi connectivity index (χ0n) is 18.2. The van der Waals surface area contributed by atoms with E-state index in [9.17, 15) is 19.8 Å². The van der Waals surface area contributed by atoms with Gasteiger partial charge in [-0.15, -0.1) is 11.3 Å². The van der Waals surface area contributed by atoms with Crippen molar-refractivity contribution >= 4 is 40.6 Å². The summed E-state index contributed by atoms with van der Waals surface area (Å²) in [6.45, 7) is 2.58. The van der Waals surface area contributed by atoms with E-state index in [1.54, 1.807) is 17.0 Å². The number of ether oxygens (including phenoxy) is 1. The molecule has 2 aromatic rings. The number of thiophene rings is 1. The van der Waals surface area contributed by atoms with Crippen molar-refractivity contribution in [2.24, 2.45) is 0 Å². The van der Waals surface area contributed by atoms with Gasteiger partial charge in [-0.25, -0.2) is 4.79 Å². The molecule has 4 rings (SSSR count). The largest absolute Gasteiger partial charge is 0.442 e. The molecule has 0 bridgehead atoms. The molecule has 10 heteroatoms. The molecule has 8 nitrogen and oxygen atoms in total. The average molecular weight is 494 g/mol. The summed E-state index contributed by atoms with van der Waals surface area (Å²) in [4.78, 5) is 28.8. The number of anilines is 1. The maximum Gasteiger partial charge on any atom is 0.414 e. The van der Waals surface area contributed by atoms with Gasteiger partial charge in [-0.05, 0) is 42.7 Å². The minimum Gasteiger partial charge on any atom is -0.442 e. The predicted octanol–water partition coefficient (Wildman–Crippen LogP) is 2.47. The topological polar surface area (TPSA) is 102 Å². The smallest absolute Gasteiger partial charge is 0.414 e. The standard InChI is InChI=1S/C23H28ClN3O5S/c24-20-6-5-19(33-20)21(30)25-13-18-14-27(22(31)32-18)17-3-1-16(2-4-17)23(7-8-23)15-26(9-11-28)10-12-29/h1-6,18,28-29H,7-15H2,(H,25,30). The lowest BCUT2D eigenvalue weighted by Crippen LogP contribution is -2.36. The molecule has 1 aromatic carbocycles. The third kappa shape index (κ3) is 5.67. The summed E-state index contributed by atoms with van der Waals surface area (Å²) in [6.07, 6.45) is 1.25.